The van der Waals surface area contributed by atoms with Crippen LogP contribution in [0.25, 0.3) is 0 Å². The maximum absolute atomic E-state index is 5.63. The Morgan fingerprint density at radius 2 is 1.89 bits per heavy atom. The van der Waals surface area contributed by atoms with Crippen LogP contribution in [0.5, 0.6) is 0 Å². The van der Waals surface area contributed by atoms with Gasteiger partial charge in [-0.1, -0.05) is 6.92 Å². The minimum Gasteiger partial charge on any atom is -0.255 e. The van der Waals surface area contributed by atoms with Gasteiger partial charge in [0.25, 0.3) is 0 Å². The predicted octanol–water partition coefficient (Wildman–Crippen LogP) is 0.437. The first-order valence-electron chi connectivity index (χ1n) is 3.34. The zero-order valence-electron chi connectivity index (χ0n) is 6.76. The Kier molecular flexibility index (Phi) is 3.77. The predicted molar refractivity (Wildman–Crippen MR) is 39.5 cm³/mol. The lowest BCUT2D eigenvalue weighted by molar-refractivity contribution is -0.0256. The summed E-state index contributed by atoms with van der Waals surface area (Å²) in [5.41, 5.74) is 0. The van der Waals surface area contributed by atoms with Gasteiger partial charge in [-0.25, -0.2) is 5.01 Å². The van der Waals surface area contributed by atoms with Crippen molar-refractivity contribution in [3.63, 3.8) is 0 Å². The molecule has 0 aliphatic carbocycles. The Bertz CT molecular complexity index is 72.7. The quantitative estimate of drug-likeness (QED) is 0.445. The largest absolute Gasteiger partial charge is 0.255 e. The highest BCUT2D eigenvalue weighted by Gasteiger charge is 2.06. The van der Waals surface area contributed by atoms with Crippen LogP contribution in [0.3, 0.4) is 0 Å². The molecule has 0 unspecified atom stereocenters. The van der Waals surface area contributed by atoms with Gasteiger partial charge in [0.1, 0.15) is 0 Å². The Morgan fingerprint density at radius 3 is 2.00 bits per heavy atom. The van der Waals surface area contributed by atoms with Crippen molar-refractivity contribution >= 4 is 0 Å². The molecule has 0 aromatic heterocycles. The molecule has 0 spiro atoms. The fourth-order valence-corrected chi connectivity index (χ4v) is 0.558. The number of rotatable bonds is 3. The smallest absolute Gasteiger partial charge is 0.0343 e. The average molecular weight is 131 g/mol. The van der Waals surface area contributed by atoms with Gasteiger partial charge >= 0.3 is 0 Å². The first kappa shape index (κ1) is 8.88. The second-order valence-corrected chi connectivity index (χ2v) is 2.45. The summed E-state index contributed by atoms with van der Waals surface area (Å²) in [5.74, 6) is 5.63. The topological polar surface area (TPSA) is 32.5 Å². The van der Waals surface area contributed by atoms with Crippen LogP contribution < -0.4 is 5.84 Å². The van der Waals surface area contributed by atoms with Crippen molar-refractivity contribution in [3.05, 3.63) is 0 Å². The van der Waals surface area contributed by atoms with E-state index in [1.165, 1.54) is 0 Å². The van der Waals surface area contributed by atoms with E-state index in [0.717, 1.165) is 6.54 Å². The molecule has 3 nitrogen and oxygen atoms in total. The zero-order chi connectivity index (χ0) is 7.44. The normalized spacial score (nSPS) is 12.0. The Labute approximate surface area is 57.4 Å². The number of hydrogen-bond donors (Lipinski definition) is 1. The van der Waals surface area contributed by atoms with Crippen LogP contribution in [0.2, 0.25) is 0 Å². The van der Waals surface area contributed by atoms with E-state index in [4.69, 9.17) is 5.84 Å². The molecule has 56 valence electrons. The molecular weight excluding hydrogens is 114 g/mol. The van der Waals surface area contributed by atoms with Crippen molar-refractivity contribution in [2.45, 2.75) is 26.8 Å². The third-order valence-electron chi connectivity index (χ3n) is 1.38. The Morgan fingerprint density at radius 1 is 1.44 bits per heavy atom. The lowest BCUT2D eigenvalue weighted by Crippen LogP contribution is -2.49. The van der Waals surface area contributed by atoms with Crippen molar-refractivity contribution in [1.82, 2.24) is 10.1 Å². The van der Waals surface area contributed by atoms with Crippen LogP contribution in [-0.2, 0) is 0 Å². The van der Waals surface area contributed by atoms with Gasteiger partial charge < -0.3 is 0 Å². The molecule has 0 bridgehead atoms. The van der Waals surface area contributed by atoms with Crippen LogP contribution in [0.1, 0.15) is 20.8 Å². The number of nitrogens with zero attached hydrogens (tertiary/aromatic N) is 2. The van der Waals surface area contributed by atoms with Crippen LogP contribution in [-0.4, -0.2) is 29.8 Å². The van der Waals surface area contributed by atoms with Gasteiger partial charge in [0.15, 0.2) is 0 Å². The summed E-state index contributed by atoms with van der Waals surface area (Å²) in [6.45, 7) is 7.15. The van der Waals surface area contributed by atoms with Gasteiger partial charge in [-0.2, -0.15) is 5.12 Å². The van der Waals surface area contributed by atoms with Gasteiger partial charge in [-0.3, -0.25) is 5.84 Å². The van der Waals surface area contributed by atoms with Crippen molar-refractivity contribution in [2.75, 3.05) is 13.6 Å². The molecule has 0 aromatic carbocycles. The maximum atomic E-state index is 5.63. The molecule has 0 amide bonds. The van der Waals surface area contributed by atoms with Crippen molar-refractivity contribution in [1.29, 1.82) is 0 Å². The van der Waals surface area contributed by atoms with E-state index in [0.29, 0.717) is 6.04 Å². The van der Waals surface area contributed by atoms with Gasteiger partial charge in [-0.05, 0) is 13.8 Å². The molecule has 0 aliphatic heterocycles. The maximum Gasteiger partial charge on any atom is 0.0343 e. The molecule has 0 fully saturated rings. The lowest BCUT2D eigenvalue weighted by Gasteiger charge is -2.29. The van der Waals surface area contributed by atoms with Gasteiger partial charge in [-0.15, -0.1) is 0 Å². The van der Waals surface area contributed by atoms with E-state index < -0.39 is 0 Å². The SMILES string of the molecule is CCN(C)N(N)C(C)C. The molecule has 0 radical (unpaired) electrons. The molecule has 0 heterocycles. The summed E-state index contributed by atoms with van der Waals surface area (Å²) in [5, 5.41) is 3.70. The molecule has 0 saturated carbocycles. The summed E-state index contributed by atoms with van der Waals surface area (Å²) in [6, 6.07) is 0.384. The summed E-state index contributed by atoms with van der Waals surface area (Å²) >= 11 is 0. The summed E-state index contributed by atoms with van der Waals surface area (Å²) in [7, 11) is 1.97. The first-order valence-corrected chi connectivity index (χ1v) is 3.34. The van der Waals surface area contributed by atoms with Crippen molar-refractivity contribution in [2.24, 2.45) is 5.84 Å². The van der Waals surface area contributed by atoms with Crippen LogP contribution in [0, 0.1) is 0 Å². The summed E-state index contributed by atoms with van der Waals surface area (Å²) in [4.78, 5) is 0. The third-order valence-corrected chi connectivity index (χ3v) is 1.38. The minimum atomic E-state index is 0.384. The average Bonchev–Trinajstić information content (AvgIpc) is 1.84. The fourth-order valence-electron chi connectivity index (χ4n) is 0.558. The monoisotopic (exact) mass is 131 g/mol. The Hall–Kier alpha value is -0.120. The standard InChI is InChI=1S/C6H17N3/c1-5-8(4)9(7)6(2)3/h6H,5,7H2,1-4H3. The summed E-state index contributed by atoms with van der Waals surface area (Å²) < 4.78 is 0. The molecule has 2 N–H and O–H groups in total. The van der Waals surface area contributed by atoms with E-state index in [1.54, 1.807) is 5.12 Å². The molecule has 0 aliphatic rings. The lowest BCUT2D eigenvalue weighted by atomic mass is 10.4. The molecule has 0 saturated heterocycles. The highest BCUT2D eigenvalue weighted by molar-refractivity contribution is 4.48. The van der Waals surface area contributed by atoms with E-state index >= 15 is 0 Å². The van der Waals surface area contributed by atoms with E-state index in [1.807, 2.05) is 12.1 Å². The second-order valence-electron chi connectivity index (χ2n) is 2.45. The molecule has 9 heavy (non-hydrogen) atoms. The van der Waals surface area contributed by atoms with Crippen LogP contribution in [0.4, 0.5) is 0 Å². The first-order chi connectivity index (χ1) is 4.09. The number of nitrogens with two attached hydrogens (primary N) is 1. The van der Waals surface area contributed by atoms with E-state index in [-0.39, 0.29) is 0 Å². The van der Waals surface area contributed by atoms with Gasteiger partial charge in [0, 0.05) is 19.6 Å². The molecular formula is C6H17N3. The Balaban J connectivity index is 3.58. The zero-order valence-corrected chi connectivity index (χ0v) is 6.76. The summed E-state index contributed by atoms with van der Waals surface area (Å²) in [6.07, 6.45) is 0. The minimum absolute atomic E-state index is 0.384. The van der Waals surface area contributed by atoms with E-state index in [2.05, 4.69) is 20.8 Å². The van der Waals surface area contributed by atoms with Crippen molar-refractivity contribution < 1.29 is 0 Å². The fraction of sp³-hybridized carbons (Fsp3) is 1.00. The van der Waals surface area contributed by atoms with Gasteiger partial charge in [0.2, 0.25) is 0 Å². The van der Waals surface area contributed by atoms with Crippen LogP contribution >= 0.6 is 0 Å². The molecule has 0 atom stereocenters. The van der Waals surface area contributed by atoms with Gasteiger partial charge in [0.05, 0.1) is 0 Å². The third kappa shape index (κ3) is 2.79. The highest BCUT2D eigenvalue weighted by Crippen LogP contribution is 1.92. The highest BCUT2D eigenvalue weighted by atomic mass is 15.7. The van der Waals surface area contributed by atoms with Crippen molar-refractivity contribution in [3.8, 4) is 0 Å². The number of hydrogen-bond acceptors (Lipinski definition) is 3. The van der Waals surface area contributed by atoms with E-state index in [9.17, 15) is 0 Å². The second kappa shape index (κ2) is 3.82. The molecule has 0 rings (SSSR count). The van der Waals surface area contributed by atoms with Crippen LogP contribution in [0.15, 0.2) is 0 Å². The number of hydrazine groups is 2. The molecule has 3 heteroatoms. The molecule has 0 aromatic rings.